The van der Waals surface area contributed by atoms with Crippen LogP contribution < -0.4 is 0 Å². The van der Waals surface area contributed by atoms with Crippen LogP contribution in [0, 0.1) is 5.92 Å². The van der Waals surface area contributed by atoms with Gasteiger partial charge in [0, 0.05) is 11.9 Å². The molecule has 1 saturated heterocycles. The molecule has 2 atom stereocenters. The van der Waals surface area contributed by atoms with Crippen LogP contribution in [0.5, 0.6) is 0 Å². The third-order valence-corrected chi connectivity index (χ3v) is 5.09. The first kappa shape index (κ1) is 15.2. The molecule has 1 aliphatic rings. The number of aromatic nitrogens is 1. The van der Waals surface area contributed by atoms with Crippen LogP contribution in [0.3, 0.4) is 0 Å². The summed E-state index contributed by atoms with van der Waals surface area (Å²) in [4.78, 5) is 6.85. The largest absolute Gasteiger partial charge is 0.392 e. The Morgan fingerprint density at radius 1 is 1.53 bits per heavy atom. The van der Waals surface area contributed by atoms with Crippen molar-refractivity contribution in [2.45, 2.75) is 44.6 Å². The fraction of sp³-hybridized carbons (Fsp3) is 0.786. The maximum Gasteiger partial charge on any atom is 0.0928 e. The summed E-state index contributed by atoms with van der Waals surface area (Å²) in [5, 5.41) is 13.1. The zero-order valence-electron chi connectivity index (χ0n) is 11.5. The van der Waals surface area contributed by atoms with Crippen molar-refractivity contribution in [3.05, 3.63) is 16.1 Å². The summed E-state index contributed by atoms with van der Waals surface area (Å²) in [6, 6.07) is 0. The minimum atomic E-state index is -0.140. The van der Waals surface area contributed by atoms with Crippen molar-refractivity contribution in [2.75, 3.05) is 19.6 Å². The van der Waals surface area contributed by atoms with Gasteiger partial charge in [-0.25, -0.2) is 4.98 Å². The fourth-order valence-electron chi connectivity index (χ4n) is 2.45. The van der Waals surface area contributed by atoms with Gasteiger partial charge in [-0.1, -0.05) is 6.92 Å². The van der Waals surface area contributed by atoms with E-state index in [9.17, 15) is 5.11 Å². The van der Waals surface area contributed by atoms with Crippen molar-refractivity contribution in [3.63, 3.8) is 0 Å². The number of likely N-dealkylation sites (tertiary alicyclic amines) is 1. The third kappa shape index (κ3) is 4.71. The molecule has 2 rings (SSSR count). The molecule has 1 aromatic heterocycles. The molecular weight excluding hydrogens is 280 g/mol. The van der Waals surface area contributed by atoms with E-state index in [0.717, 1.165) is 44.6 Å². The number of hydrogen-bond donors (Lipinski definition) is 1. The number of β-amino-alcohol motifs (C(OH)–C–C–N with tert-alkyl or cyclic N) is 1. The molecule has 1 fully saturated rings. The Kier molecular flexibility index (Phi) is 6.07. The number of aliphatic hydroxyl groups excluding tert-OH is 1. The second-order valence-corrected chi connectivity index (χ2v) is 6.67. The van der Waals surface area contributed by atoms with Gasteiger partial charge >= 0.3 is 0 Å². The van der Waals surface area contributed by atoms with E-state index in [0.29, 0.717) is 11.8 Å². The smallest absolute Gasteiger partial charge is 0.0928 e. The Hall–Kier alpha value is -0.160. The fourth-order valence-corrected chi connectivity index (χ4v) is 3.52. The number of aryl methyl sites for hydroxylation is 1. The normalized spacial score (nSPS) is 24.8. The van der Waals surface area contributed by atoms with Gasteiger partial charge in [-0.3, -0.25) is 0 Å². The number of halogens is 1. The number of alkyl halides is 1. The van der Waals surface area contributed by atoms with Gasteiger partial charge in [0.25, 0.3) is 0 Å². The molecular formula is C14H23ClN2OS. The lowest BCUT2D eigenvalue weighted by Gasteiger charge is -2.34. The summed E-state index contributed by atoms with van der Waals surface area (Å²) >= 11 is 7.45. The van der Waals surface area contributed by atoms with E-state index in [1.807, 2.05) is 5.38 Å². The van der Waals surface area contributed by atoms with Crippen LogP contribution in [0.2, 0.25) is 0 Å². The summed E-state index contributed by atoms with van der Waals surface area (Å²) in [7, 11) is 0. The van der Waals surface area contributed by atoms with Gasteiger partial charge in [0.15, 0.2) is 0 Å². The monoisotopic (exact) mass is 302 g/mol. The van der Waals surface area contributed by atoms with Gasteiger partial charge in [-0.15, -0.1) is 22.9 Å². The van der Waals surface area contributed by atoms with Crippen molar-refractivity contribution in [1.82, 2.24) is 9.88 Å². The molecule has 108 valence electrons. The first-order chi connectivity index (χ1) is 9.19. The van der Waals surface area contributed by atoms with Crippen molar-refractivity contribution in [2.24, 2.45) is 5.92 Å². The van der Waals surface area contributed by atoms with E-state index in [1.165, 1.54) is 11.4 Å². The summed E-state index contributed by atoms with van der Waals surface area (Å²) in [6.07, 6.45) is 4.37. The van der Waals surface area contributed by atoms with Crippen LogP contribution in [0.1, 0.15) is 36.9 Å². The summed E-state index contributed by atoms with van der Waals surface area (Å²) in [6.45, 7) is 5.21. The average molecular weight is 303 g/mol. The molecule has 0 spiro atoms. The minimum Gasteiger partial charge on any atom is -0.392 e. The Bertz CT molecular complexity index is 385. The van der Waals surface area contributed by atoms with Crippen molar-refractivity contribution in [1.29, 1.82) is 0 Å². The van der Waals surface area contributed by atoms with Gasteiger partial charge in [0.2, 0.25) is 0 Å². The molecule has 3 nitrogen and oxygen atoms in total. The van der Waals surface area contributed by atoms with Gasteiger partial charge in [-0.2, -0.15) is 0 Å². The van der Waals surface area contributed by atoms with E-state index in [4.69, 9.17) is 11.6 Å². The van der Waals surface area contributed by atoms with Crippen LogP contribution >= 0.6 is 22.9 Å². The predicted octanol–water partition coefficient (Wildman–Crippen LogP) is 2.91. The van der Waals surface area contributed by atoms with Crippen LogP contribution in [0.4, 0.5) is 0 Å². The number of nitrogens with zero attached hydrogens (tertiary/aromatic N) is 2. The van der Waals surface area contributed by atoms with Crippen LogP contribution in [-0.2, 0) is 12.3 Å². The minimum absolute atomic E-state index is 0.140. The molecule has 0 aromatic carbocycles. The van der Waals surface area contributed by atoms with Crippen molar-refractivity contribution < 1.29 is 5.11 Å². The standard InChI is InChI=1S/C14H23ClN2OS/c1-11-5-7-17(9-13(11)18)6-3-2-4-14-16-12(8-15)10-19-14/h10-11,13,18H,2-9H2,1H3. The van der Waals surface area contributed by atoms with Crippen LogP contribution in [0.15, 0.2) is 5.38 Å². The molecule has 1 aliphatic heterocycles. The van der Waals surface area contributed by atoms with E-state index in [2.05, 4.69) is 16.8 Å². The maximum atomic E-state index is 9.85. The van der Waals surface area contributed by atoms with Crippen molar-refractivity contribution >= 4 is 22.9 Å². The quantitative estimate of drug-likeness (QED) is 0.648. The number of hydrogen-bond acceptors (Lipinski definition) is 4. The first-order valence-corrected chi connectivity index (χ1v) is 8.50. The predicted molar refractivity (Wildman–Crippen MR) is 80.8 cm³/mol. The Morgan fingerprint density at radius 3 is 3.05 bits per heavy atom. The van der Waals surface area contributed by atoms with E-state index in [1.54, 1.807) is 11.3 Å². The molecule has 0 radical (unpaired) electrons. The van der Waals surface area contributed by atoms with Crippen LogP contribution in [-0.4, -0.2) is 40.7 Å². The lowest BCUT2D eigenvalue weighted by molar-refractivity contribution is 0.0287. The molecule has 0 amide bonds. The van der Waals surface area contributed by atoms with Gasteiger partial charge in [0.05, 0.1) is 22.7 Å². The van der Waals surface area contributed by atoms with Gasteiger partial charge in [0.1, 0.15) is 0 Å². The van der Waals surface area contributed by atoms with Gasteiger partial charge < -0.3 is 10.0 Å². The Balaban J connectivity index is 1.61. The second kappa shape index (κ2) is 7.58. The molecule has 1 aromatic rings. The highest BCUT2D eigenvalue weighted by Crippen LogP contribution is 2.18. The third-order valence-electron chi connectivity index (χ3n) is 3.85. The summed E-state index contributed by atoms with van der Waals surface area (Å²) < 4.78 is 0. The number of rotatable bonds is 6. The van der Waals surface area contributed by atoms with Crippen molar-refractivity contribution in [3.8, 4) is 0 Å². The van der Waals surface area contributed by atoms with E-state index in [-0.39, 0.29) is 6.10 Å². The lowest BCUT2D eigenvalue weighted by Crippen LogP contribution is -2.43. The molecule has 2 unspecified atom stereocenters. The molecule has 5 heteroatoms. The van der Waals surface area contributed by atoms with E-state index < -0.39 is 0 Å². The summed E-state index contributed by atoms with van der Waals surface area (Å²) in [5.74, 6) is 0.973. The second-order valence-electron chi connectivity index (χ2n) is 5.46. The zero-order valence-corrected chi connectivity index (χ0v) is 13.1. The topological polar surface area (TPSA) is 36.4 Å². The van der Waals surface area contributed by atoms with Gasteiger partial charge in [-0.05, 0) is 44.7 Å². The number of unbranched alkanes of at least 4 members (excludes halogenated alkanes) is 1. The maximum absolute atomic E-state index is 9.85. The number of aliphatic hydroxyl groups is 1. The Morgan fingerprint density at radius 2 is 2.37 bits per heavy atom. The highest BCUT2D eigenvalue weighted by Gasteiger charge is 2.23. The first-order valence-electron chi connectivity index (χ1n) is 7.08. The molecule has 0 aliphatic carbocycles. The number of thiazole rings is 1. The SMILES string of the molecule is CC1CCN(CCCCc2nc(CCl)cs2)CC1O. The molecule has 1 N–H and O–H groups in total. The summed E-state index contributed by atoms with van der Waals surface area (Å²) in [5.41, 5.74) is 0.995. The Labute approximate surface area is 124 Å². The zero-order chi connectivity index (χ0) is 13.7. The molecule has 19 heavy (non-hydrogen) atoms. The number of piperidine rings is 1. The van der Waals surface area contributed by atoms with E-state index >= 15 is 0 Å². The lowest BCUT2D eigenvalue weighted by atomic mass is 9.96. The molecule has 0 saturated carbocycles. The highest BCUT2D eigenvalue weighted by atomic mass is 35.5. The van der Waals surface area contributed by atoms with Crippen LogP contribution in [0.25, 0.3) is 0 Å². The molecule has 2 heterocycles. The highest BCUT2D eigenvalue weighted by molar-refractivity contribution is 7.09. The average Bonchev–Trinajstić information content (AvgIpc) is 2.87. The molecule has 0 bridgehead atoms.